The quantitative estimate of drug-likeness (QED) is 0.542. The normalized spacial score (nSPS) is 37.3. The van der Waals surface area contributed by atoms with Crippen molar-refractivity contribution in [2.45, 2.75) is 71.8 Å². The highest BCUT2D eigenvalue weighted by Gasteiger charge is 2.58. The first-order chi connectivity index (χ1) is 8.78. The second-order valence-electron chi connectivity index (χ2n) is 7.37. The molecule has 0 aliphatic heterocycles. The van der Waals surface area contributed by atoms with Gasteiger partial charge in [-0.2, -0.15) is 0 Å². The van der Waals surface area contributed by atoms with E-state index in [0.717, 1.165) is 5.92 Å². The van der Waals surface area contributed by atoms with Gasteiger partial charge in [0, 0.05) is 16.9 Å². The summed E-state index contributed by atoms with van der Waals surface area (Å²) in [4.78, 5) is 12.0. The SMILES string of the molecule is C=C(C)C(=O)OC1(C)C2CCCCCC2CC1(C)C. The van der Waals surface area contributed by atoms with Crippen LogP contribution in [0.25, 0.3) is 0 Å². The molecule has 0 aromatic carbocycles. The van der Waals surface area contributed by atoms with Crippen LogP contribution in [-0.4, -0.2) is 11.6 Å². The fourth-order valence-electron chi connectivity index (χ4n) is 4.21. The molecule has 3 unspecified atom stereocenters. The van der Waals surface area contributed by atoms with Crippen LogP contribution in [-0.2, 0) is 9.53 Å². The second-order valence-corrected chi connectivity index (χ2v) is 7.37. The maximum Gasteiger partial charge on any atom is 0.333 e. The van der Waals surface area contributed by atoms with E-state index in [9.17, 15) is 4.79 Å². The number of rotatable bonds is 2. The van der Waals surface area contributed by atoms with E-state index in [2.05, 4.69) is 27.4 Å². The number of ether oxygens (including phenoxy) is 1. The molecule has 0 spiro atoms. The number of carbonyl (C=O) groups is 1. The van der Waals surface area contributed by atoms with E-state index in [1.54, 1.807) is 6.92 Å². The standard InChI is InChI=1S/C17H28O2/c1-12(2)15(18)19-17(5)14-10-8-6-7-9-13(14)11-16(17,3)4/h13-14H,1,6-11H2,2-5H3. The van der Waals surface area contributed by atoms with Crippen molar-refractivity contribution in [3.63, 3.8) is 0 Å². The van der Waals surface area contributed by atoms with Crippen LogP contribution in [0.5, 0.6) is 0 Å². The fraction of sp³-hybridized carbons (Fsp3) is 0.824. The lowest BCUT2D eigenvalue weighted by Crippen LogP contribution is -2.47. The highest BCUT2D eigenvalue weighted by molar-refractivity contribution is 5.87. The molecule has 2 fully saturated rings. The summed E-state index contributed by atoms with van der Waals surface area (Å²) in [5, 5.41) is 0. The monoisotopic (exact) mass is 264 g/mol. The Kier molecular flexibility index (Phi) is 3.81. The van der Waals surface area contributed by atoms with Crippen LogP contribution in [0.15, 0.2) is 12.2 Å². The van der Waals surface area contributed by atoms with E-state index in [1.807, 2.05) is 0 Å². The van der Waals surface area contributed by atoms with Crippen molar-refractivity contribution < 1.29 is 9.53 Å². The molecule has 0 N–H and O–H groups in total. The first kappa shape index (κ1) is 14.6. The van der Waals surface area contributed by atoms with Crippen LogP contribution in [0.1, 0.15) is 66.2 Å². The third-order valence-electron chi connectivity index (χ3n) is 5.64. The van der Waals surface area contributed by atoms with Crippen molar-refractivity contribution in [1.82, 2.24) is 0 Å². The smallest absolute Gasteiger partial charge is 0.333 e. The summed E-state index contributed by atoms with van der Waals surface area (Å²) in [5.74, 6) is 1.02. The van der Waals surface area contributed by atoms with Gasteiger partial charge in [0.05, 0.1) is 0 Å². The van der Waals surface area contributed by atoms with E-state index in [0.29, 0.717) is 11.5 Å². The van der Waals surface area contributed by atoms with E-state index < -0.39 is 0 Å². The highest BCUT2D eigenvalue weighted by atomic mass is 16.6. The Bertz CT molecular complexity index is 383. The Morgan fingerprint density at radius 3 is 2.42 bits per heavy atom. The molecule has 0 radical (unpaired) electrons. The number of fused-ring (bicyclic) bond motifs is 1. The minimum atomic E-state index is -0.335. The molecular formula is C17H28O2. The molecular weight excluding hydrogens is 236 g/mol. The molecule has 2 saturated carbocycles. The van der Waals surface area contributed by atoms with Crippen LogP contribution in [0.3, 0.4) is 0 Å². The maximum absolute atomic E-state index is 12.0. The molecule has 2 aliphatic rings. The van der Waals surface area contributed by atoms with Crippen molar-refractivity contribution in [2.75, 3.05) is 0 Å². The first-order valence-electron chi connectivity index (χ1n) is 7.67. The van der Waals surface area contributed by atoms with Crippen molar-refractivity contribution >= 4 is 5.97 Å². The molecule has 2 aliphatic carbocycles. The topological polar surface area (TPSA) is 26.3 Å². The van der Waals surface area contributed by atoms with Gasteiger partial charge in [0.25, 0.3) is 0 Å². The minimum Gasteiger partial charge on any atom is -0.455 e. The van der Waals surface area contributed by atoms with Crippen LogP contribution >= 0.6 is 0 Å². The van der Waals surface area contributed by atoms with Gasteiger partial charge in [0.15, 0.2) is 0 Å². The third kappa shape index (κ3) is 2.46. The molecule has 0 aromatic rings. The van der Waals surface area contributed by atoms with Gasteiger partial charge >= 0.3 is 5.97 Å². The third-order valence-corrected chi connectivity index (χ3v) is 5.64. The summed E-state index contributed by atoms with van der Waals surface area (Å²) in [5.41, 5.74) is 0.233. The maximum atomic E-state index is 12.0. The molecule has 2 nitrogen and oxygen atoms in total. The molecule has 0 aromatic heterocycles. The summed E-state index contributed by atoms with van der Waals surface area (Å²) in [6.45, 7) is 12.1. The Hall–Kier alpha value is -0.790. The zero-order chi connectivity index (χ0) is 14.3. The molecule has 19 heavy (non-hydrogen) atoms. The van der Waals surface area contributed by atoms with Crippen LogP contribution in [0.4, 0.5) is 0 Å². The van der Waals surface area contributed by atoms with E-state index in [4.69, 9.17) is 4.74 Å². The second kappa shape index (κ2) is 4.96. The first-order valence-corrected chi connectivity index (χ1v) is 7.67. The zero-order valence-corrected chi connectivity index (χ0v) is 12.9. The van der Waals surface area contributed by atoms with Crippen LogP contribution in [0, 0.1) is 17.3 Å². The molecule has 3 atom stereocenters. The average molecular weight is 264 g/mol. The van der Waals surface area contributed by atoms with Crippen LogP contribution < -0.4 is 0 Å². The number of carbonyl (C=O) groups excluding carboxylic acids is 1. The van der Waals surface area contributed by atoms with Crippen molar-refractivity contribution in [2.24, 2.45) is 17.3 Å². The Morgan fingerprint density at radius 2 is 1.79 bits per heavy atom. The van der Waals surface area contributed by atoms with Gasteiger partial charge in [-0.05, 0) is 32.6 Å². The number of esters is 1. The fourth-order valence-corrected chi connectivity index (χ4v) is 4.21. The molecule has 2 rings (SSSR count). The zero-order valence-electron chi connectivity index (χ0n) is 12.9. The van der Waals surface area contributed by atoms with Gasteiger partial charge in [-0.1, -0.05) is 46.1 Å². The number of hydrogen-bond donors (Lipinski definition) is 0. The highest BCUT2D eigenvalue weighted by Crippen LogP contribution is 2.58. The Morgan fingerprint density at radius 1 is 1.16 bits per heavy atom. The lowest BCUT2D eigenvalue weighted by atomic mass is 9.74. The van der Waals surface area contributed by atoms with Crippen molar-refractivity contribution in [3.05, 3.63) is 12.2 Å². The van der Waals surface area contributed by atoms with E-state index in [1.165, 1.54) is 38.5 Å². The predicted molar refractivity (Wildman–Crippen MR) is 77.8 cm³/mol. The largest absolute Gasteiger partial charge is 0.455 e. The Labute approximate surface area is 117 Å². The van der Waals surface area contributed by atoms with Crippen molar-refractivity contribution in [3.8, 4) is 0 Å². The van der Waals surface area contributed by atoms with Gasteiger partial charge in [0.1, 0.15) is 5.60 Å². The minimum absolute atomic E-state index is 0.0603. The lowest BCUT2D eigenvalue weighted by molar-refractivity contribution is -0.170. The summed E-state index contributed by atoms with van der Waals surface area (Å²) >= 11 is 0. The lowest BCUT2D eigenvalue weighted by Gasteiger charge is -2.42. The molecule has 0 heterocycles. The Balaban J connectivity index is 2.27. The summed E-state index contributed by atoms with van der Waals surface area (Å²) in [7, 11) is 0. The average Bonchev–Trinajstić information content (AvgIpc) is 2.49. The number of hydrogen-bond acceptors (Lipinski definition) is 2. The summed E-state index contributed by atoms with van der Waals surface area (Å²) in [6, 6.07) is 0. The summed E-state index contributed by atoms with van der Waals surface area (Å²) < 4.78 is 5.96. The van der Waals surface area contributed by atoms with E-state index in [-0.39, 0.29) is 17.0 Å². The summed E-state index contributed by atoms with van der Waals surface area (Å²) in [6.07, 6.45) is 7.62. The van der Waals surface area contributed by atoms with Gasteiger partial charge in [-0.3, -0.25) is 0 Å². The van der Waals surface area contributed by atoms with Crippen molar-refractivity contribution in [1.29, 1.82) is 0 Å². The molecule has 0 amide bonds. The molecule has 0 bridgehead atoms. The van der Waals surface area contributed by atoms with Crippen LogP contribution in [0.2, 0.25) is 0 Å². The molecule has 0 saturated heterocycles. The van der Waals surface area contributed by atoms with Gasteiger partial charge in [0.2, 0.25) is 0 Å². The molecule has 108 valence electrons. The predicted octanol–water partition coefficient (Wildman–Crippen LogP) is 4.49. The van der Waals surface area contributed by atoms with Gasteiger partial charge in [-0.25, -0.2) is 4.79 Å². The van der Waals surface area contributed by atoms with Gasteiger partial charge < -0.3 is 4.74 Å². The molecule has 2 heteroatoms. The van der Waals surface area contributed by atoms with Gasteiger partial charge in [-0.15, -0.1) is 0 Å². The van der Waals surface area contributed by atoms with E-state index >= 15 is 0 Å².